The van der Waals surface area contributed by atoms with Crippen LogP contribution in [0.25, 0.3) is 0 Å². The van der Waals surface area contributed by atoms with Crippen molar-refractivity contribution in [2.75, 3.05) is 7.11 Å². The fraction of sp³-hybridized carbons (Fsp3) is 0.273. The molecule has 0 aliphatic carbocycles. The summed E-state index contributed by atoms with van der Waals surface area (Å²) in [6.07, 6.45) is -5.21. The molecule has 0 aromatic heterocycles. The molecule has 0 fully saturated rings. The van der Waals surface area contributed by atoms with Gasteiger partial charge in [0.15, 0.2) is 11.5 Å². The summed E-state index contributed by atoms with van der Waals surface area (Å²) < 4.78 is 72.6. The molecule has 0 amide bonds. The summed E-state index contributed by atoms with van der Waals surface area (Å²) >= 11 is 0. The number of hydrogen-bond acceptors (Lipinski definition) is 5. The SMILES string of the molecule is COC(=O)c1cc(OC(F)(F)F)c(OC(F)F)cc1C#N. The van der Waals surface area contributed by atoms with E-state index < -0.39 is 41.6 Å². The van der Waals surface area contributed by atoms with Crippen molar-refractivity contribution < 1.29 is 41.0 Å². The van der Waals surface area contributed by atoms with Crippen molar-refractivity contribution in [3.8, 4) is 17.6 Å². The summed E-state index contributed by atoms with van der Waals surface area (Å²) in [4.78, 5) is 11.3. The monoisotopic (exact) mass is 311 g/mol. The predicted molar refractivity (Wildman–Crippen MR) is 55.8 cm³/mol. The van der Waals surface area contributed by atoms with Gasteiger partial charge in [-0.1, -0.05) is 0 Å². The number of esters is 1. The molecule has 10 heteroatoms. The summed E-state index contributed by atoms with van der Waals surface area (Å²) in [6, 6.07) is 2.42. The van der Waals surface area contributed by atoms with Gasteiger partial charge in [-0.2, -0.15) is 14.0 Å². The Kier molecular flexibility index (Phi) is 4.91. The number of ether oxygens (including phenoxy) is 3. The Hall–Kier alpha value is -2.57. The van der Waals surface area contributed by atoms with Crippen LogP contribution < -0.4 is 9.47 Å². The van der Waals surface area contributed by atoms with Crippen LogP contribution >= 0.6 is 0 Å². The zero-order chi connectivity index (χ0) is 16.2. The van der Waals surface area contributed by atoms with Crippen LogP contribution in [0.1, 0.15) is 15.9 Å². The third-order valence-corrected chi connectivity index (χ3v) is 2.05. The Balaban J connectivity index is 3.42. The number of nitrogens with zero attached hydrogens (tertiary/aromatic N) is 1. The van der Waals surface area contributed by atoms with Crippen LogP contribution in [0.4, 0.5) is 22.0 Å². The van der Waals surface area contributed by atoms with Crippen LogP contribution in [0.5, 0.6) is 11.5 Å². The number of benzene rings is 1. The second-order valence-electron chi connectivity index (χ2n) is 3.37. The van der Waals surface area contributed by atoms with Crippen molar-refractivity contribution in [1.82, 2.24) is 0 Å². The van der Waals surface area contributed by atoms with Gasteiger partial charge >= 0.3 is 18.9 Å². The molecule has 1 aromatic rings. The second-order valence-corrected chi connectivity index (χ2v) is 3.37. The number of hydrogen-bond donors (Lipinski definition) is 0. The van der Waals surface area contributed by atoms with Gasteiger partial charge in [-0.15, -0.1) is 13.2 Å². The third-order valence-electron chi connectivity index (χ3n) is 2.05. The second kappa shape index (κ2) is 6.25. The van der Waals surface area contributed by atoms with E-state index in [2.05, 4.69) is 14.2 Å². The fourth-order valence-electron chi connectivity index (χ4n) is 1.32. The molecule has 0 N–H and O–H groups in total. The van der Waals surface area contributed by atoms with E-state index in [0.717, 1.165) is 7.11 Å². The molecule has 0 spiro atoms. The maximum atomic E-state index is 12.2. The van der Waals surface area contributed by atoms with Gasteiger partial charge in [0.2, 0.25) is 0 Å². The first-order chi connectivity index (χ1) is 9.67. The molecule has 114 valence electrons. The largest absolute Gasteiger partial charge is 0.573 e. The van der Waals surface area contributed by atoms with Crippen molar-refractivity contribution in [2.45, 2.75) is 13.0 Å². The maximum absolute atomic E-state index is 12.2. The Morgan fingerprint density at radius 2 is 1.90 bits per heavy atom. The molecule has 0 atom stereocenters. The molecule has 0 unspecified atom stereocenters. The Morgan fingerprint density at radius 1 is 1.29 bits per heavy atom. The van der Waals surface area contributed by atoms with Gasteiger partial charge in [-0.25, -0.2) is 4.79 Å². The van der Waals surface area contributed by atoms with E-state index in [9.17, 15) is 26.7 Å². The summed E-state index contributed by atoms with van der Waals surface area (Å²) in [7, 11) is 0.928. The van der Waals surface area contributed by atoms with Crippen LogP contribution in [-0.2, 0) is 4.74 Å². The zero-order valence-corrected chi connectivity index (χ0v) is 10.2. The summed E-state index contributed by atoms with van der Waals surface area (Å²) in [6.45, 7) is -3.45. The molecule has 21 heavy (non-hydrogen) atoms. The number of carbonyl (C=O) groups excluding carboxylic acids is 1. The van der Waals surface area contributed by atoms with Crippen LogP contribution in [0.15, 0.2) is 12.1 Å². The van der Waals surface area contributed by atoms with Crippen molar-refractivity contribution in [3.05, 3.63) is 23.3 Å². The Bertz CT molecular complexity index is 579. The van der Waals surface area contributed by atoms with Gasteiger partial charge in [-0.3, -0.25) is 0 Å². The molecule has 0 saturated heterocycles. The normalized spacial score (nSPS) is 11.0. The van der Waals surface area contributed by atoms with Crippen LogP contribution in [-0.4, -0.2) is 26.1 Å². The van der Waals surface area contributed by atoms with Gasteiger partial charge in [0.05, 0.1) is 18.2 Å². The lowest BCUT2D eigenvalue weighted by molar-refractivity contribution is -0.275. The number of halogens is 5. The molecule has 1 aromatic carbocycles. The minimum atomic E-state index is -5.21. The third kappa shape index (κ3) is 4.48. The van der Waals surface area contributed by atoms with E-state index in [-0.39, 0.29) is 0 Å². The van der Waals surface area contributed by atoms with Gasteiger partial charge < -0.3 is 14.2 Å². The smallest absolute Gasteiger partial charge is 0.465 e. The Morgan fingerprint density at radius 3 is 2.33 bits per heavy atom. The number of nitriles is 1. The Labute approximate surface area is 114 Å². The first-order valence-electron chi connectivity index (χ1n) is 5.05. The van der Waals surface area contributed by atoms with Gasteiger partial charge in [-0.05, 0) is 0 Å². The highest BCUT2D eigenvalue weighted by atomic mass is 19.4. The van der Waals surface area contributed by atoms with Gasteiger partial charge in [0, 0.05) is 12.1 Å². The molecule has 1 rings (SSSR count). The standard InChI is InChI=1S/C11H6F5NO4/c1-19-9(18)6-3-8(21-11(14,15)16)7(20-10(12)13)2-5(6)4-17/h2-3,10H,1H3. The number of carbonyl (C=O) groups is 1. The number of methoxy groups -OCH3 is 1. The van der Waals surface area contributed by atoms with Crippen molar-refractivity contribution in [2.24, 2.45) is 0 Å². The summed E-state index contributed by atoms with van der Waals surface area (Å²) in [5.74, 6) is -3.36. The highest BCUT2D eigenvalue weighted by Crippen LogP contribution is 2.36. The van der Waals surface area contributed by atoms with Crippen molar-refractivity contribution in [1.29, 1.82) is 5.26 Å². The van der Waals surface area contributed by atoms with Gasteiger partial charge in [0.1, 0.15) is 6.07 Å². The van der Waals surface area contributed by atoms with E-state index in [1.165, 1.54) is 6.07 Å². The molecule has 0 aliphatic rings. The minimum absolute atomic E-state index is 0.440. The average molecular weight is 311 g/mol. The lowest BCUT2D eigenvalue weighted by atomic mass is 10.1. The van der Waals surface area contributed by atoms with Crippen LogP contribution in [0.2, 0.25) is 0 Å². The molecular formula is C11H6F5NO4. The summed E-state index contributed by atoms with van der Waals surface area (Å²) in [5.41, 5.74) is -1.09. The zero-order valence-electron chi connectivity index (χ0n) is 10.2. The lowest BCUT2D eigenvalue weighted by Gasteiger charge is -2.15. The molecular weight excluding hydrogens is 305 g/mol. The van der Waals surface area contributed by atoms with E-state index in [1.54, 1.807) is 0 Å². The molecule has 5 nitrogen and oxygen atoms in total. The minimum Gasteiger partial charge on any atom is -0.465 e. The first kappa shape index (κ1) is 16.5. The quantitative estimate of drug-likeness (QED) is 0.632. The fourth-order valence-corrected chi connectivity index (χ4v) is 1.32. The maximum Gasteiger partial charge on any atom is 0.573 e. The van der Waals surface area contributed by atoms with E-state index >= 15 is 0 Å². The van der Waals surface area contributed by atoms with E-state index in [4.69, 9.17) is 5.26 Å². The highest BCUT2D eigenvalue weighted by molar-refractivity contribution is 5.93. The topological polar surface area (TPSA) is 68.6 Å². The summed E-state index contributed by atoms with van der Waals surface area (Å²) in [5, 5.41) is 8.78. The first-order valence-corrected chi connectivity index (χ1v) is 5.05. The van der Waals surface area contributed by atoms with Crippen molar-refractivity contribution in [3.63, 3.8) is 0 Å². The predicted octanol–water partition coefficient (Wildman–Crippen LogP) is 2.84. The molecule has 0 radical (unpaired) electrons. The van der Waals surface area contributed by atoms with Crippen LogP contribution in [0, 0.1) is 11.3 Å². The average Bonchev–Trinajstić information content (AvgIpc) is 2.37. The molecule has 0 bridgehead atoms. The van der Waals surface area contributed by atoms with E-state index in [0.29, 0.717) is 12.1 Å². The van der Waals surface area contributed by atoms with Crippen LogP contribution in [0.3, 0.4) is 0 Å². The molecule has 0 saturated carbocycles. The van der Waals surface area contributed by atoms with E-state index in [1.807, 2.05) is 0 Å². The highest BCUT2D eigenvalue weighted by Gasteiger charge is 2.34. The van der Waals surface area contributed by atoms with Gasteiger partial charge in [0.25, 0.3) is 0 Å². The number of rotatable bonds is 4. The number of alkyl halides is 5. The lowest BCUT2D eigenvalue weighted by Crippen LogP contribution is -2.19. The van der Waals surface area contributed by atoms with Crippen molar-refractivity contribution >= 4 is 5.97 Å². The molecule has 0 heterocycles. The molecule has 0 aliphatic heterocycles.